The summed E-state index contributed by atoms with van der Waals surface area (Å²) in [5.41, 5.74) is 3.84. The van der Waals surface area contributed by atoms with Crippen LogP contribution in [0.4, 0.5) is 4.79 Å². The molecule has 2 aromatic carbocycles. The van der Waals surface area contributed by atoms with Crippen LogP contribution in [0.15, 0.2) is 53.0 Å². The van der Waals surface area contributed by atoms with E-state index in [9.17, 15) is 4.79 Å². The van der Waals surface area contributed by atoms with Crippen LogP contribution in [0, 0.1) is 5.41 Å². The van der Waals surface area contributed by atoms with Gasteiger partial charge in [-0.05, 0) is 59.9 Å². The fourth-order valence-corrected chi connectivity index (χ4v) is 5.11. The van der Waals surface area contributed by atoms with Crippen molar-refractivity contribution in [1.29, 1.82) is 0 Å². The Morgan fingerprint density at radius 1 is 1.27 bits per heavy atom. The Bertz CT molecular complexity index is 807. The number of benzene rings is 2. The highest BCUT2D eigenvalue weighted by atomic mass is 79.9. The maximum absolute atomic E-state index is 13.0. The van der Waals surface area contributed by atoms with Gasteiger partial charge in [0.15, 0.2) is 0 Å². The minimum Gasteiger partial charge on any atom is -0.445 e. The van der Waals surface area contributed by atoms with Crippen molar-refractivity contribution in [3.63, 3.8) is 0 Å². The summed E-state index contributed by atoms with van der Waals surface area (Å²) in [5, 5.41) is 0. The molecule has 0 spiro atoms. The number of ether oxygens (including phenoxy) is 1. The van der Waals surface area contributed by atoms with E-state index >= 15 is 0 Å². The molecule has 0 unspecified atom stereocenters. The van der Waals surface area contributed by atoms with Gasteiger partial charge in [-0.3, -0.25) is 0 Å². The molecule has 3 nitrogen and oxygen atoms in total. The van der Waals surface area contributed by atoms with Crippen LogP contribution in [0.3, 0.4) is 0 Å². The van der Waals surface area contributed by atoms with E-state index in [1.807, 2.05) is 35.2 Å². The lowest BCUT2D eigenvalue weighted by molar-refractivity contribution is 0.00977. The van der Waals surface area contributed by atoms with Gasteiger partial charge in [0.05, 0.1) is 6.04 Å². The number of carbonyl (C=O) groups is 1. The van der Waals surface area contributed by atoms with E-state index in [-0.39, 0.29) is 17.6 Å². The number of piperidine rings is 1. The third-order valence-corrected chi connectivity index (χ3v) is 6.55. The number of fused-ring (bicyclic) bond motifs is 3. The van der Waals surface area contributed by atoms with Crippen LogP contribution < -0.4 is 0 Å². The highest BCUT2D eigenvalue weighted by Crippen LogP contribution is 2.56. The molecule has 26 heavy (non-hydrogen) atoms. The summed E-state index contributed by atoms with van der Waals surface area (Å²) in [6, 6.07) is 16.5. The molecule has 2 atom stereocenters. The van der Waals surface area contributed by atoms with Crippen LogP contribution in [-0.4, -0.2) is 17.5 Å². The molecular weight excluding hydrogens is 390 g/mol. The van der Waals surface area contributed by atoms with Crippen LogP contribution >= 0.6 is 15.9 Å². The van der Waals surface area contributed by atoms with Crippen molar-refractivity contribution in [2.75, 3.05) is 6.54 Å². The van der Waals surface area contributed by atoms with Crippen molar-refractivity contribution in [1.82, 2.24) is 4.90 Å². The average molecular weight is 414 g/mol. The molecule has 4 rings (SSSR count). The van der Waals surface area contributed by atoms with E-state index in [0.29, 0.717) is 6.61 Å². The predicted octanol–water partition coefficient (Wildman–Crippen LogP) is 5.88. The van der Waals surface area contributed by atoms with Gasteiger partial charge < -0.3 is 9.64 Å². The number of hydrogen-bond acceptors (Lipinski definition) is 2. The largest absolute Gasteiger partial charge is 0.445 e. The number of nitrogens with zero attached hydrogens (tertiary/aromatic N) is 1. The van der Waals surface area contributed by atoms with Crippen molar-refractivity contribution in [3.05, 3.63) is 69.7 Å². The number of halogens is 1. The Morgan fingerprint density at radius 2 is 2.08 bits per heavy atom. The first-order valence-corrected chi connectivity index (χ1v) is 10.2. The van der Waals surface area contributed by atoms with Crippen LogP contribution in [0.25, 0.3) is 0 Å². The molecule has 4 heteroatoms. The minimum absolute atomic E-state index is 0.122. The molecule has 1 aliphatic heterocycles. The molecule has 0 N–H and O–H groups in total. The number of amides is 1. The quantitative estimate of drug-likeness (QED) is 0.628. The van der Waals surface area contributed by atoms with Gasteiger partial charge >= 0.3 is 6.09 Å². The zero-order valence-corrected chi connectivity index (χ0v) is 16.7. The second kappa shape index (κ2) is 7.07. The first-order valence-electron chi connectivity index (χ1n) is 9.38. The third-order valence-electron chi connectivity index (χ3n) is 6.05. The van der Waals surface area contributed by atoms with Crippen LogP contribution in [0.2, 0.25) is 0 Å². The summed E-state index contributed by atoms with van der Waals surface area (Å²) in [4.78, 5) is 14.9. The molecule has 136 valence electrons. The SMILES string of the molecule is CC[C@]12CCCN(C(=O)OCc3ccccc3)[C@H]1c1cc(Br)ccc1C2. The first-order chi connectivity index (χ1) is 12.6. The fourth-order valence-electron chi connectivity index (χ4n) is 4.74. The van der Waals surface area contributed by atoms with Gasteiger partial charge in [0.1, 0.15) is 6.61 Å². The summed E-state index contributed by atoms with van der Waals surface area (Å²) in [6.07, 6.45) is 4.15. The monoisotopic (exact) mass is 413 g/mol. The van der Waals surface area contributed by atoms with Crippen molar-refractivity contribution < 1.29 is 9.53 Å². The summed E-state index contributed by atoms with van der Waals surface area (Å²) in [6.45, 7) is 3.35. The first kappa shape index (κ1) is 17.6. The van der Waals surface area contributed by atoms with Gasteiger partial charge in [-0.25, -0.2) is 4.79 Å². The lowest BCUT2D eigenvalue weighted by Crippen LogP contribution is -2.47. The van der Waals surface area contributed by atoms with Gasteiger partial charge in [-0.2, -0.15) is 0 Å². The molecule has 1 saturated heterocycles. The Kier molecular flexibility index (Phi) is 4.78. The van der Waals surface area contributed by atoms with Gasteiger partial charge in [0, 0.05) is 11.0 Å². The van der Waals surface area contributed by atoms with Crippen molar-refractivity contribution in [2.24, 2.45) is 5.41 Å². The molecule has 0 saturated carbocycles. The van der Waals surface area contributed by atoms with Gasteiger partial charge in [-0.1, -0.05) is 59.3 Å². The van der Waals surface area contributed by atoms with E-state index in [1.165, 1.54) is 17.5 Å². The average Bonchev–Trinajstić information content (AvgIpc) is 3.01. The number of rotatable bonds is 3. The number of likely N-dealkylation sites (tertiary alicyclic amines) is 1. The molecule has 1 heterocycles. The molecule has 1 fully saturated rings. The lowest BCUT2D eigenvalue weighted by atomic mass is 9.72. The van der Waals surface area contributed by atoms with Gasteiger partial charge in [-0.15, -0.1) is 0 Å². The lowest BCUT2D eigenvalue weighted by Gasteiger charge is -2.46. The van der Waals surface area contributed by atoms with Crippen molar-refractivity contribution in [2.45, 2.75) is 45.3 Å². The van der Waals surface area contributed by atoms with E-state index in [2.05, 4.69) is 41.1 Å². The summed E-state index contributed by atoms with van der Waals surface area (Å²) < 4.78 is 6.76. The van der Waals surface area contributed by atoms with Crippen molar-refractivity contribution >= 4 is 22.0 Å². The Labute approximate surface area is 163 Å². The van der Waals surface area contributed by atoms with Crippen LogP contribution in [0.1, 0.15) is 48.9 Å². The second-order valence-corrected chi connectivity index (χ2v) is 8.39. The Morgan fingerprint density at radius 3 is 2.85 bits per heavy atom. The van der Waals surface area contributed by atoms with Crippen molar-refractivity contribution in [3.8, 4) is 0 Å². The Hall–Kier alpha value is -1.81. The maximum Gasteiger partial charge on any atom is 0.410 e. The minimum atomic E-state index is -0.191. The highest BCUT2D eigenvalue weighted by molar-refractivity contribution is 9.10. The molecule has 2 aromatic rings. The van der Waals surface area contributed by atoms with E-state index < -0.39 is 0 Å². The second-order valence-electron chi connectivity index (χ2n) is 7.48. The predicted molar refractivity (Wildman–Crippen MR) is 106 cm³/mol. The molecule has 2 aliphatic rings. The van der Waals surface area contributed by atoms with E-state index in [0.717, 1.165) is 35.8 Å². The fraction of sp³-hybridized carbons (Fsp3) is 0.409. The zero-order chi connectivity index (χ0) is 18.1. The van der Waals surface area contributed by atoms with E-state index in [4.69, 9.17) is 4.74 Å². The number of carbonyl (C=O) groups excluding carboxylic acids is 1. The van der Waals surface area contributed by atoms with Gasteiger partial charge in [0.25, 0.3) is 0 Å². The molecule has 1 aliphatic carbocycles. The zero-order valence-electron chi connectivity index (χ0n) is 15.1. The molecule has 0 radical (unpaired) electrons. The summed E-state index contributed by atoms with van der Waals surface area (Å²) >= 11 is 3.60. The molecular formula is C22H24BrNO2. The van der Waals surface area contributed by atoms with Crippen LogP contribution in [-0.2, 0) is 17.8 Å². The molecule has 1 amide bonds. The Balaban J connectivity index is 1.60. The molecule has 0 bridgehead atoms. The smallest absolute Gasteiger partial charge is 0.410 e. The topological polar surface area (TPSA) is 29.5 Å². The van der Waals surface area contributed by atoms with Crippen LogP contribution in [0.5, 0.6) is 0 Å². The molecule has 0 aromatic heterocycles. The summed E-state index contributed by atoms with van der Waals surface area (Å²) in [7, 11) is 0. The highest BCUT2D eigenvalue weighted by Gasteiger charge is 2.51. The third kappa shape index (κ3) is 3.05. The maximum atomic E-state index is 13.0. The number of hydrogen-bond donors (Lipinski definition) is 0. The standard InChI is InChI=1S/C22H24BrNO2/c1-2-22-11-6-12-24(21(25)26-15-16-7-4-3-5-8-16)20(22)19-13-18(23)10-9-17(19)14-22/h3-5,7-10,13,20H,2,6,11-12,14-15H2,1H3/t20-,22+/m0/s1. The van der Waals surface area contributed by atoms with E-state index in [1.54, 1.807) is 0 Å². The van der Waals surface area contributed by atoms with Gasteiger partial charge in [0.2, 0.25) is 0 Å². The summed E-state index contributed by atoms with van der Waals surface area (Å²) in [5.74, 6) is 0. The normalized spacial score (nSPS) is 24.1.